The summed E-state index contributed by atoms with van der Waals surface area (Å²) < 4.78 is 0. The fraction of sp³-hybridized carbons (Fsp3) is 0.0833. The Hall–Kier alpha value is -0.781. The van der Waals surface area contributed by atoms with E-state index in [9.17, 15) is 0 Å². The molecule has 0 aliphatic carbocycles. The summed E-state index contributed by atoms with van der Waals surface area (Å²) in [6, 6.07) is 20.0. The van der Waals surface area contributed by atoms with Crippen LogP contribution in [0.25, 0.3) is 0 Å². The molecule has 0 N–H and O–H groups in total. The van der Waals surface area contributed by atoms with Gasteiger partial charge >= 0.3 is 17.1 Å². The van der Waals surface area contributed by atoms with Gasteiger partial charge in [0.2, 0.25) is 0 Å². The van der Waals surface area contributed by atoms with Crippen LogP contribution in [0, 0.1) is 6.92 Å². The second-order valence-corrected chi connectivity index (χ2v) is 1.92. The molecule has 1 heteroatoms. The molecule has 2 aromatic carbocycles. The monoisotopic (exact) mass is 215 g/mol. The Bertz CT molecular complexity index is 144. The minimum atomic E-state index is 0. The van der Waals surface area contributed by atoms with Crippen LogP contribution in [0.1, 0.15) is 6.92 Å². The SMILES string of the molecule is [CH2-]C.[Fe+6].c1cc[cH-]c1.c1cc[cH-]c1. The van der Waals surface area contributed by atoms with Gasteiger partial charge in [0.15, 0.2) is 0 Å². The van der Waals surface area contributed by atoms with Crippen molar-refractivity contribution >= 4 is 0 Å². The maximum atomic E-state index is 3.25. The Morgan fingerprint density at radius 3 is 1.00 bits per heavy atom. The van der Waals surface area contributed by atoms with Crippen LogP contribution >= 0.6 is 0 Å². The van der Waals surface area contributed by atoms with E-state index < -0.39 is 0 Å². The Labute approximate surface area is 91.8 Å². The summed E-state index contributed by atoms with van der Waals surface area (Å²) in [5.74, 6) is 0. The van der Waals surface area contributed by atoms with Crippen LogP contribution in [0.5, 0.6) is 0 Å². The van der Waals surface area contributed by atoms with Crippen molar-refractivity contribution < 1.29 is 17.1 Å². The average Bonchev–Trinajstić information content (AvgIpc) is 2.87. The Morgan fingerprint density at radius 2 is 0.923 bits per heavy atom. The van der Waals surface area contributed by atoms with E-state index in [0.717, 1.165) is 0 Å². The van der Waals surface area contributed by atoms with Gasteiger partial charge in [0, 0.05) is 0 Å². The predicted octanol–water partition coefficient (Wildman–Crippen LogP) is 3.65. The molecule has 0 amide bonds. The Balaban J connectivity index is 0. The summed E-state index contributed by atoms with van der Waals surface area (Å²) in [6.45, 7) is 5.00. The Morgan fingerprint density at radius 1 is 0.692 bits per heavy atom. The molecule has 0 aromatic heterocycles. The van der Waals surface area contributed by atoms with Crippen molar-refractivity contribution in [3.63, 3.8) is 0 Å². The molecule has 0 aliphatic heterocycles. The van der Waals surface area contributed by atoms with Gasteiger partial charge in [-0.3, -0.25) is 0 Å². The van der Waals surface area contributed by atoms with Gasteiger partial charge in [-0.15, -0.1) is 0 Å². The second kappa shape index (κ2) is 13.8. The van der Waals surface area contributed by atoms with Crippen LogP contribution in [-0.4, -0.2) is 0 Å². The average molecular weight is 215 g/mol. The molecular formula is C12H15Fe+3. The fourth-order valence-corrected chi connectivity index (χ4v) is 0.642. The Kier molecular flexibility index (Phi) is 15.6. The van der Waals surface area contributed by atoms with Crippen LogP contribution in [0.15, 0.2) is 60.7 Å². The standard InChI is InChI=1S/2C5H5.C2H5.Fe/c2*1-2-4-5-3-1;1-2;/h2*1-5H;1H2,2H3;/q3*-1;+6. The second-order valence-electron chi connectivity index (χ2n) is 1.92. The normalized spacial score (nSPS) is 6.62. The minimum Gasteiger partial charge on any atom is -0.346 e. The molecule has 0 fully saturated rings. The van der Waals surface area contributed by atoms with Crippen molar-refractivity contribution in [1.82, 2.24) is 0 Å². The largest absolute Gasteiger partial charge is 6.00 e. The van der Waals surface area contributed by atoms with Gasteiger partial charge in [-0.2, -0.15) is 43.3 Å². The number of rotatable bonds is 0. The molecule has 2 rings (SSSR count). The molecule has 0 saturated heterocycles. The van der Waals surface area contributed by atoms with Crippen molar-refractivity contribution in [3.8, 4) is 0 Å². The first-order chi connectivity index (χ1) is 6.00. The zero-order valence-corrected chi connectivity index (χ0v) is 8.94. The zero-order valence-electron chi connectivity index (χ0n) is 7.83. The first-order valence-corrected chi connectivity index (χ1v) is 4.04. The van der Waals surface area contributed by atoms with E-state index in [2.05, 4.69) is 6.92 Å². The molecule has 0 bridgehead atoms. The first kappa shape index (κ1) is 14.7. The van der Waals surface area contributed by atoms with Crippen LogP contribution in [0.3, 0.4) is 0 Å². The van der Waals surface area contributed by atoms with Gasteiger partial charge in [0.05, 0.1) is 0 Å². The summed E-state index contributed by atoms with van der Waals surface area (Å²) in [6.07, 6.45) is 0. The maximum Gasteiger partial charge on any atom is 6.00 e. The first-order valence-electron chi connectivity index (χ1n) is 4.04. The van der Waals surface area contributed by atoms with Crippen molar-refractivity contribution in [2.75, 3.05) is 0 Å². The molecule has 0 saturated carbocycles. The van der Waals surface area contributed by atoms with Gasteiger partial charge < -0.3 is 6.92 Å². The third kappa shape index (κ3) is 11.2. The predicted molar refractivity (Wildman–Crippen MR) is 55.1 cm³/mol. The van der Waals surface area contributed by atoms with E-state index in [0.29, 0.717) is 0 Å². The molecule has 0 atom stereocenters. The van der Waals surface area contributed by atoms with E-state index in [-0.39, 0.29) is 17.1 Å². The van der Waals surface area contributed by atoms with E-state index in [1.54, 1.807) is 6.92 Å². The molecule has 13 heavy (non-hydrogen) atoms. The topological polar surface area (TPSA) is 0 Å². The zero-order chi connectivity index (χ0) is 9.07. The maximum absolute atomic E-state index is 3.25. The van der Waals surface area contributed by atoms with E-state index in [1.165, 1.54) is 0 Å². The van der Waals surface area contributed by atoms with Crippen molar-refractivity contribution in [2.45, 2.75) is 6.92 Å². The quantitative estimate of drug-likeness (QED) is 0.464. The van der Waals surface area contributed by atoms with Gasteiger partial charge in [-0.25, -0.2) is 24.3 Å². The third-order valence-electron chi connectivity index (χ3n) is 1.11. The van der Waals surface area contributed by atoms with Crippen molar-refractivity contribution in [1.29, 1.82) is 0 Å². The summed E-state index contributed by atoms with van der Waals surface area (Å²) in [5, 5.41) is 0. The summed E-state index contributed by atoms with van der Waals surface area (Å²) >= 11 is 0. The molecule has 0 heterocycles. The van der Waals surface area contributed by atoms with Gasteiger partial charge in [-0.1, -0.05) is 0 Å². The third-order valence-corrected chi connectivity index (χ3v) is 1.11. The summed E-state index contributed by atoms with van der Waals surface area (Å²) in [5.41, 5.74) is 0. The summed E-state index contributed by atoms with van der Waals surface area (Å²) in [7, 11) is 0. The van der Waals surface area contributed by atoms with Crippen LogP contribution in [0.2, 0.25) is 0 Å². The van der Waals surface area contributed by atoms with Gasteiger partial charge in [0.1, 0.15) is 0 Å². The van der Waals surface area contributed by atoms with Crippen molar-refractivity contribution in [2.24, 2.45) is 0 Å². The van der Waals surface area contributed by atoms with Crippen LogP contribution < -0.4 is 0 Å². The van der Waals surface area contributed by atoms with E-state index in [4.69, 9.17) is 0 Å². The van der Waals surface area contributed by atoms with Crippen LogP contribution in [0.4, 0.5) is 0 Å². The fourth-order valence-electron chi connectivity index (χ4n) is 0.642. The van der Waals surface area contributed by atoms with Gasteiger partial charge in [-0.05, 0) is 0 Å². The molecule has 68 valence electrons. The van der Waals surface area contributed by atoms with Crippen LogP contribution in [-0.2, 0) is 17.1 Å². The smallest absolute Gasteiger partial charge is 0.346 e. The van der Waals surface area contributed by atoms with E-state index >= 15 is 0 Å². The van der Waals surface area contributed by atoms with E-state index in [1.807, 2.05) is 60.7 Å². The van der Waals surface area contributed by atoms with Gasteiger partial charge in [0.25, 0.3) is 0 Å². The molecule has 0 aliphatic rings. The molecular weight excluding hydrogens is 200 g/mol. The molecule has 0 radical (unpaired) electrons. The number of hydrogen-bond acceptors (Lipinski definition) is 0. The molecule has 0 unspecified atom stereocenters. The summed E-state index contributed by atoms with van der Waals surface area (Å²) in [4.78, 5) is 0. The molecule has 0 spiro atoms. The molecule has 0 nitrogen and oxygen atoms in total. The minimum absolute atomic E-state index is 0. The molecule has 2 aromatic rings. The number of hydrogen-bond donors (Lipinski definition) is 0. The van der Waals surface area contributed by atoms with Crippen molar-refractivity contribution in [3.05, 3.63) is 67.6 Å².